The molecule has 4 rings (SSSR count). The summed E-state index contributed by atoms with van der Waals surface area (Å²) < 4.78 is 16.4. The Morgan fingerprint density at radius 1 is 1.04 bits per heavy atom. The molecule has 2 aliphatic rings. The summed E-state index contributed by atoms with van der Waals surface area (Å²) >= 11 is 6.36. The van der Waals surface area contributed by atoms with Crippen molar-refractivity contribution in [1.29, 1.82) is 0 Å². The Balaban J connectivity index is 1.57. The Hall–Kier alpha value is -1.87. The van der Waals surface area contributed by atoms with Crippen molar-refractivity contribution in [1.82, 2.24) is 0 Å². The highest BCUT2D eigenvalue weighted by Crippen LogP contribution is 2.37. The zero-order valence-electron chi connectivity index (χ0n) is 14.9. The first-order chi connectivity index (χ1) is 13.5. The third kappa shape index (κ3) is 3.57. The van der Waals surface area contributed by atoms with Crippen molar-refractivity contribution < 1.29 is 34.6 Å². The van der Waals surface area contributed by atoms with Gasteiger partial charge in [0, 0.05) is 5.02 Å². The van der Waals surface area contributed by atoms with Crippen LogP contribution in [0, 0.1) is 0 Å². The summed E-state index contributed by atoms with van der Waals surface area (Å²) in [6.07, 6.45) is -5.20. The fourth-order valence-corrected chi connectivity index (χ4v) is 3.76. The van der Waals surface area contributed by atoms with Crippen molar-refractivity contribution in [3.63, 3.8) is 0 Å². The molecule has 2 heterocycles. The zero-order chi connectivity index (χ0) is 19.8. The third-order valence-corrected chi connectivity index (χ3v) is 5.47. The molecule has 5 atom stereocenters. The van der Waals surface area contributed by atoms with E-state index in [2.05, 4.69) is 0 Å². The lowest BCUT2D eigenvalue weighted by Crippen LogP contribution is -2.40. The molecule has 0 saturated carbocycles. The van der Waals surface area contributed by atoms with Gasteiger partial charge in [0.1, 0.15) is 30.5 Å². The zero-order valence-corrected chi connectivity index (χ0v) is 15.6. The van der Waals surface area contributed by atoms with Crippen LogP contribution >= 0.6 is 11.6 Å². The standard InChI is InChI=1S/C20H21ClO7/c21-13-3-2-11(19-17(24)18(25)20(28-19)14(23)8-22)7-12(13)5-10-1-4-15-16(6-10)27-9-26-15/h1-4,6-7,14,17-20,22-25H,5,8-9H2/t14-,17+,18+,19-,20+/m0/s1. The molecule has 150 valence electrons. The minimum atomic E-state index is -1.31. The van der Waals surface area contributed by atoms with E-state index in [-0.39, 0.29) is 6.79 Å². The van der Waals surface area contributed by atoms with Crippen LogP contribution < -0.4 is 9.47 Å². The molecule has 0 unspecified atom stereocenters. The lowest BCUT2D eigenvalue weighted by atomic mass is 9.96. The van der Waals surface area contributed by atoms with E-state index < -0.39 is 37.1 Å². The molecule has 0 amide bonds. The Labute approximate surface area is 166 Å². The van der Waals surface area contributed by atoms with Gasteiger partial charge in [-0.3, -0.25) is 0 Å². The minimum absolute atomic E-state index is 0.203. The Morgan fingerprint density at radius 3 is 2.61 bits per heavy atom. The van der Waals surface area contributed by atoms with Gasteiger partial charge in [0.15, 0.2) is 11.5 Å². The highest BCUT2D eigenvalue weighted by molar-refractivity contribution is 6.31. The average Bonchev–Trinajstić information content (AvgIpc) is 3.28. The molecule has 0 radical (unpaired) electrons. The largest absolute Gasteiger partial charge is 0.454 e. The normalized spacial score (nSPS) is 27.2. The third-order valence-electron chi connectivity index (χ3n) is 5.10. The number of aliphatic hydroxyl groups excluding tert-OH is 4. The highest BCUT2D eigenvalue weighted by Gasteiger charge is 2.46. The molecule has 0 spiro atoms. The van der Waals surface area contributed by atoms with E-state index in [1.165, 1.54) is 0 Å². The number of halogens is 1. The molecule has 4 N–H and O–H groups in total. The van der Waals surface area contributed by atoms with E-state index in [1.54, 1.807) is 18.2 Å². The maximum absolute atomic E-state index is 10.4. The molecule has 2 aliphatic heterocycles. The quantitative estimate of drug-likeness (QED) is 0.588. The summed E-state index contributed by atoms with van der Waals surface area (Å²) in [5.74, 6) is 1.39. The second kappa shape index (κ2) is 7.87. The second-order valence-corrected chi connectivity index (χ2v) is 7.37. The van der Waals surface area contributed by atoms with Crippen molar-refractivity contribution in [2.24, 2.45) is 0 Å². The number of fused-ring (bicyclic) bond motifs is 1. The van der Waals surface area contributed by atoms with Crippen LogP contribution in [0.2, 0.25) is 5.02 Å². The van der Waals surface area contributed by atoms with Gasteiger partial charge in [-0.05, 0) is 41.3 Å². The lowest BCUT2D eigenvalue weighted by molar-refractivity contribution is -0.0820. The predicted octanol–water partition coefficient (Wildman–Crippen LogP) is 1.17. The fourth-order valence-electron chi connectivity index (χ4n) is 3.58. The first-order valence-corrected chi connectivity index (χ1v) is 9.33. The number of hydrogen-bond donors (Lipinski definition) is 4. The fraction of sp³-hybridized carbons (Fsp3) is 0.400. The predicted molar refractivity (Wildman–Crippen MR) is 99.5 cm³/mol. The first kappa shape index (κ1) is 19.4. The highest BCUT2D eigenvalue weighted by atomic mass is 35.5. The maximum atomic E-state index is 10.4. The second-order valence-electron chi connectivity index (χ2n) is 6.97. The van der Waals surface area contributed by atoms with E-state index in [0.717, 1.165) is 11.1 Å². The van der Waals surface area contributed by atoms with Gasteiger partial charge in [0.25, 0.3) is 0 Å². The molecule has 0 aromatic heterocycles. The van der Waals surface area contributed by atoms with Gasteiger partial charge in [0.05, 0.1) is 6.61 Å². The summed E-state index contributed by atoms with van der Waals surface area (Å²) in [6.45, 7) is -0.369. The van der Waals surface area contributed by atoms with Crippen molar-refractivity contribution in [3.8, 4) is 11.5 Å². The summed E-state index contributed by atoms with van der Waals surface area (Å²) in [5.41, 5.74) is 2.42. The van der Waals surface area contributed by atoms with E-state index in [4.69, 9.17) is 30.9 Å². The van der Waals surface area contributed by atoms with Crippen molar-refractivity contribution in [2.75, 3.05) is 13.4 Å². The van der Waals surface area contributed by atoms with Crippen LogP contribution in [-0.2, 0) is 11.2 Å². The first-order valence-electron chi connectivity index (χ1n) is 8.95. The summed E-state index contributed by atoms with van der Waals surface area (Å²) in [7, 11) is 0. The van der Waals surface area contributed by atoms with E-state index in [0.29, 0.717) is 28.5 Å². The summed E-state index contributed by atoms with van der Waals surface area (Å²) in [6, 6.07) is 10.9. The monoisotopic (exact) mass is 408 g/mol. The molecule has 0 bridgehead atoms. The number of aliphatic hydroxyl groups is 4. The van der Waals surface area contributed by atoms with E-state index in [1.807, 2.05) is 18.2 Å². The molecule has 1 saturated heterocycles. The van der Waals surface area contributed by atoms with Gasteiger partial charge in [-0.1, -0.05) is 29.8 Å². The molecule has 0 aliphatic carbocycles. The Morgan fingerprint density at radius 2 is 1.82 bits per heavy atom. The molecule has 7 nitrogen and oxygen atoms in total. The summed E-state index contributed by atoms with van der Waals surface area (Å²) in [4.78, 5) is 0. The van der Waals surface area contributed by atoms with Gasteiger partial charge >= 0.3 is 0 Å². The van der Waals surface area contributed by atoms with Crippen LogP contribution in [0.3, 0.4) is 0 Å². The lowest BCUT2D eigenvalue weighted by Gasteiger charge is -2.19. The molecule has 2 aromatic carbocycles. The minimum Gasteiger partial charge on any atom is -0.454 e. The average molecular weight is 409 g/mol. The van der Waals surface area contributed by atoms with Crippen LogP contribution in [0.15, 0.2) is 36.4 Å². The molecule has 1 fully saturated rings. The van der Waals surface area contributed by atoms with Gasteiger partial charge < -0.3 is 34.6 Å². The van der Waals surface area contributed by atoms with Gasteiger partial charge in [-0.2, -0.15) is 0 Å². The van der Waals surface area contributed by atoms with Gasteiger partial charge in [-0.25, -0.2) is 0 Å². The molecule has 28 heavy (non-hydrogen) atoms. The van der Waals surface area contributed by atoms with Gasteiger partial charge in [-0.15, -0.1) is 0 Å². The molecular formula is C20H21ClO7. The Bertz CT molecular complexity index is 858. The van der Waals surface area contributed by atoms with Crippen LogP contribution in [0.25, 0.3) is 0 Å². The SMILES string of the molecule is OC[C@H](O)[C@H]1O[C@@H](c2ccc(Cl)c(Cc3ccc4c(c3)OCO4)c2)[C@H](O)[C@H]1O. The topological polar surface area (TPSA) is 109 Å². The summed E-state index contributed by atoms with van der Waals surface area (Å²) in [5, 5.41) is 39.9. The van der Waals surface area contributed by atoms with Crippen LogP contribution in [-0.4, -0.2) is 58.2 Å². The molecular weight excluding hydrogens is 388 g/mol. The Kier molecular flexibility index (Phi) is 5.46. The number of benzene rings is 2. The van der Waals surface area contributed by atoms with E-state index >= 15 is 0 Å². The van der Waals surface area contributed by atoms with Crippen molar-refractivity contribution >= 4 is 11.6 Å². The number of rotatable bonds is 5. The smallest absolute Gasteiger partial charge is 0.231 e. The number of ether oxygens (including phenoxy) is 3. The van der Waals surface area contributed by atoms with Crippen molar-refractivity contribution in [3.05, 3.63) is 58.1 Å². The van der Waals surface area contributed by atoms with E-state index in [9.17, 15) is 15.3 Å². The van der Waals surface area contributed by atoms with Crippen LogP contribution in [0.5, 0.6) is 11.5 Å². The number of hydrogen-bond acceptors (Lipinski definition) is 7. The molecule has 2 aromatic rings. The molecule has 8 heteroatoms. The van der Waals surface area contributed by atoms with Crippen LogP contribution in [0.1, 0.15) is 22.8 Å². The van der Waals surface area contributed by atoms with Gasteiger partial charge in [0.2, 0.25) is 6.79 Å². The van der Waals surface area contributed by atoms with Crippen LogP contribution in [0.4, 0.5) is 0 Å². The van der Waals surface area contributed by atoms with Crippen molar-refractivity contribution in [2.45, 2.75) is 36.9 Å². The maximum Gasteiger partial charge on any atom is 0.231 e.